The number of rotatable bonds is 5. The van der Waals surface area contributed by atoms with Gasteiger partial charge in [-0.25, -0.2) is 4.79 Å². The minimum absolute atomic E-state index is 0.218. The second-order valence-corrected chi connectivity index (χ2v) is 4.49. The van der Waals surface area contributed by atoms with Crippen LogP contribution in [0.25, 0.3) is 0 Å². The molecule has 0 aliphatic carbocycles. The highest BCUT2D eigenvalue weighted by atomic mass is 16.5. The van der Waals surface area contributed by atoms with Gasteiger partial charge in [-0.1, -0.05) is 0 Å². The van der Waals surface area contributed by atoms with Crippen LogP contribution in [-0.2, 0) is 16.1 Å². The minimum atomic E-state index is -0.460. The molecule has 0 bridgehead atoms. The van der Waals surface area contributed by atoms with E-state index in [1.54, 1.807) is 12.1 Å². The zero-order valence-electron chi connectivity index (χ0n) is 10.6. The highest BCUT2D eigenvalue weighted by Gasteiger charge is 2.14. The Hall–Kier alpha value is -1.33. The van der Waals surface area contributed by atoms with Gasteiger partial charge < -0.3 is 19.2 Å². The lowest BCUT2D eigenvalue weighted by Crippen LogP contribution is -2.32. The van der Waals surface area contributed by atoms with E-state index in [-0.39, 0.29) is 5.76 Å². The van der Waals surface area contributed by atoms with Crippen molar-refractivity contribution in [2.75, 3.05) is 26.8 Å². The van der Waals surface area contributed by atoms with Crippen LogP contribution in [0.2, 0.25) is 0 Å². The molecule has 1 aliphatic heterocycles. The predicted molar refractivity (Wildman–Crippen MR) is 65.3 cm³/mol. The van der Waals surface area contributed by atoms with Crippen molar-refractivity contribution >= 4 is 5.97 Å². The van der Waals surface area contributed by atoms with Crippen molar-refractivity contribution < 1.29 is 18.7 Å². The van der Waals surface area contributed by atoms with Crippen LogP contribution < -0.4 is 5.32 Å². The number of nitrogens with one attached hydrogen (secondary N) is 1. The smallest absolute Gasteiger partial charge is 0.373 e. The largest absolute Gasteiger partial charge is 0.463 e. The summed E-state index contributed by atoms with van der Waals surface area (Å²) in [6.45, 7) is 3.25. The fraction of sp³-hybridized carbons (Fsp3) is 0.615. The molecule has 5 heteroatoms. The molecule has 1 aromatic rings. The van der Waals surface area contributed by atoms with Crippen molar-refractivity contribution in [1.82, 2.24) is 5.32 Å². The molecule has 0 amide bonds. The van der Waals surface area contributed by atoms with Crippen molar-refractivity contribution in [1.29, 1.82) is 0 Å². The number of ether oxygens (including phenoxy) is 2. The molecule has 100 valence electrons. The summed E-state index contributed by atoms with van der Waals surface area (Å²) in [5, 5.41) is 3.35. The number of furan rings is 1. The maximum absolute atomic E-state index is 11.2. The number of piperidine rings is 1. The third-order valence-electron chi connectivity index (χ3n) is 3.05. The number of esters is 1. The number of hydrogen-bond acceptors (Lipinski definition) is 5. The average molecular weight is 253 g/mol. The Balaban J connectivity index is 1.72. The first-order chi connectivity index (χ1) is 8.79. The van der Waals surface area contributed by atoms with Crippen LogP contribution >= 0.6 is 0 Å². The Morgan fingerprint density at radius 3 is 3.17 bits per heavy atom. The molecule has 1 N–H and O–H groups in total. The van der Waals surface area contributed by atoms with Gasteiger partial charge in [0.25, 0.3) is 0 Å². The van der Waals surface area contributed by atoms with Crippen LogP contribution in [0.4, 0.5) is 0 Å². The second-order valence-electron chi connectivity index (χ2n) is 4.49. The number of methoxy groups -OCH3 is 1. The lowest BCUT2D eigenvalue weighted by molar-refractivity contribution is 0.0530. The zero-order valence-corrected chi connectivity index (χ0v) is 10.6. The van der Waals surface area contributed by atoms with E-state index in [1.165, 1.54) is 20.0 Å². The molecule has 5 nitrogen and oxygen atoms in total. The fourth-order valence-corrected chi connectivity index (χ4v) is 2.06. The van der Waals surface area contributed by atoms with Crippen LogP contribution in [0.15, 0.2) is 16.5 Å². The lowest BCUT2D eigenvalue weighted by Gasteiger charge is -2.22. The quantitative estimate of drug-likeness (QED) is 0.807. The molecule has 2 heterocycles. The molecule has 1 saturated heterocycles. The molecule has 0 radical (unpaired) electrons. The Bertz CT molecular complexity index is 382. The number of carbonyl (C=O) groups is 1. The van der Waals surface area contributed by atoms with Crippen LogP contribution in [0.5, 0.6) is 0 Å². The van der Waals surface area contributed by atoms with Crippen LogP contribution in [0.1, 0.15) is 29.2 Å². The molecule has 1 aliphatic rings. The van der Waals surface area contributed by atoms with E-state index < -0.39 is 5.97 Å². The lowest BCUT2D eigenvalue weighted by atomic mass is 10.0. The normalized spacial score (nSPS) is 19.7. The average Bonchev–Trinajstić information content (AvgIpc) is 2.88. The van der Waals surface area contributed by atoms with Gasteiger partial charge in [0.15, 0.2) is 0 Å². The standard InChI is InChI=1S/C13H19NO4/c1-16-13(15)12-5-4-11(18-12)9-17-8-10-3-2-6-14-7-10/h4-5,10,14H,2-3,6-9H2,1H3. The summed E-state index contributed by atoms with van der Waals surface area (Å²) < 4.78 is 15.5. The maximum Gasteiger partial charge on any atom is 0.373 e. The molecule has 18 heavy (non-hydrogen) atoms. The van der Waals surface area contributed by atoms with Crippen LogP contribution in [0.3, 0.4) is 0 Å². The van der Waals surface area contributed by atoms with Gasteiger partial charge in [-0.2, -0.15) is 0 Å². The molecule has 0 spiro atoms. The third kappa shape index (κ3) is 3.58. The first kappa shape index (κ1) is 13.1. The van der Waals surface area contributed by atoms with Crippen LogP contribution in [-0.4, -0.2) is 32.8 Å². The first-order valence-electron chi connectivity index (χ1n) is 6.25. The van der Waals surface area contributed by atoms with Gasteiger partial charge in [-0.3, -0.25) is 0 Å². The molecule has 1 fully saturated rings. The van der Waals surface area contributed by atoms with E-state index in [4.69, 9.17) is 9.15 Å². The van der Waals surface area contributed by atoms with Gasteiger partial charge in [0.05, 0.1) is 13.7 Å². The van der Waals surface area contributed by atoms with E-state index in [0.717, 1.165) is 19.7 Å². The monoisotopic (exact) mass is 253 g/mol. The minimum Gasteiger partial charge on any atom is -0.463 e. The SMILES string of the molecule is COC(=O)c1ccc(COCC2CCCNC2)o1. The summed E-state index contributed by atoms with van der Waals surface area (Å²) in [6, 6.07) is 3.35. The Labute approximate surface area is 106 Å². The van der Waals surface area contributed by atoms with Gasteiger partial charge in [0.2, 0.25) is 5.76 Å². The number of hydrogen-bond donors (Lipinski definition) is 1. The third-order valence-corrected chi connectivity index (χ3v) is 3.05. The first-order valence-corrected chi connectivity index (χ1v) is 6.25. The molecule has 0 aromatic carbocycles. The van der Waals surface area contributed by atoms with Crippen molar-refractivity contribution in [3.8, 4) is 0 Å². The maximum atomic E-state index is 11.2. The molecule has 0 saturated carbocycles. The topological polar surface area (TPSA) is 60.7 Å². The van der Waals surface area contributed by atoms with E-state index in [1.807, 2.05) is 0 Å². The summed E-state index contributed by atoms with van der Waals surface area (Å²) in [5.74, 6) is 0.987. The van der Waals surface area contributed by atoms with Gasteiger partial charge in [-0.05, 0) is 37.4 Å². The fourth-order valence-electron chi connectivity index (χ4n) is 2.06. The van der Waals surface area contributed by atoms with E-state index >= 15 is 0 Å². The summed E-state index contributed by atoms with van der Waals surface area (Å²) in [6.07, 6.45) is 2.42. The van der Waals surface area contributed by atoms with E-state index in [0.29, 0.717) is 18.3 Å². The Morgan fingerprint density at radius 1 is 1.56 bits per heavy atom. The molecular weight excluding hydrogens is 234 g/mol. The van der Waals surface area contributed by atoms with E-state index in [2.05, 4.69) is 10.1 Å². The summed E-state index contributed by atoms with van der Waals surface area (Å²) in [4.78, 5) is 11.2. The van der Waals surface area contributed by atoms with Gasteiger partial charge >= 0.3 is 5.97 Å². The van der Waals surface area contributed by atoms with Crippen molar-refractivity contribution in [3.05, 3.63) is 23.7 Å². The molecule has 1 aromatic heterocycles. The summed E-state index contributed by atoms with van der Waals surface area (Å²) >= 11 is 0. The molecule has 1 unspecified atom stereocenters. The molecular formula is C13H19NO4. The van der Waals surface area contributed by atoms with Gasteiger partial charge in [-0.15, -0.1) is 0 Å². The van der Waals surface area contributed by atoms with Crippen molar-refractivity contribution in [3.63, 3.8) is 0 Å². The van der Waals surface area contributed by atoms with Crippen molar-refractivity contribution in [2.45, 2.75) is 19.4 Å². The van der Waals surface area contributed by atoms with Crippen LogP contribution in [0, 0.1) is 5.92 Å². The highest BCUT2D eigenvalue weighted by Crippen LogP contribution is 2.13. The zero-order chi connectivity index (χ0) is 12.8. The number of carbonyl (C=O) groups excluding carboxylic acids is 1. The van der Waals surface area contributed by atoms with Crippen molar-refractivity contribution in [2.24, 2.45) is 5.92 Å². The second kappa shape index (κ2) is 6.56. The van der Waals surface area contributed by atoms with E-state index in [9.17, 15) is 4.79 Å². The molecule has 2 rings (SSSR count). The summed E-state index contributed by atoms with van der Waals surface area (Å²) in [7, 11) is 1.33. The van der Waals surface area contributed by atoms with Gasteiger partial charge in [0.1, 0.15) is 12.4 Å². The summed E-state index contributed by atoms with van der Waals surface area (Å²) in [5.41, 5.74) is 0. The highest BCUT2D eigenvalue weighted by molar-refractivity contribution is 5.86. The Morgan fingerprint density at radius 2 is 2.44 bits per heavy atom. The van der Waals surface area contributed by atoms with Gasteiger partial charge in [0, 0.05) is 6.54 Å². The Kier molecular flexibility index (Phi) is 4.78. The predicted octanol–water partition coefficient (Wildman–Crippen LogP) is 1.58. The molecule has 1 atom stereocenters.